The third kappa shape index (κ3) is 56.9. The third-order valence-corrected chi connectivity index (χ3v) is 5.42. The molecule has 0 bridgehead atoms. The zero-order chi connectivity index (χ0) is 28.8. The molecule has 0 aromatic heterocycles. The van der Waals surface area contributed by atoms with Gasteiger partial charge in [-0.05, 0) is 74.0 Å². The molecule has 0 saturated carbocycles. The van der Waals surface area contributed by atoms with Crippen molar-refractivity contribution in [3.05, 3.63) is 0 Å². The zero-order valence-corrected chi connectivity index (χ0v) is 28.1. The fourth-order valence-corrected chi connectivity index (χ4v) is 3.30. The second-order valence-electron chi connectivity index (χ2n) is 13.5. The summed E-state index contributed by atoms with van der Waals surface area (Å²) in [6, 6.07) is 0. The van der Waals surface area contributed by atoms with Crippen molar-refractivity contribution in [2.75, 3.05) is 0 Å². The number of unbranched alkanes of at least 4 members (excludes halogenated alkanes) is 6. The number of hydrogen-bond acceptors (Lipinski definition) is 6. The summed E-state index contributed by atoms with van der Waals surface area (Å²) in [5.74, 6) is -2.78. The summed E-state index contributed by atoms with van der Waals surface area (Å²) in [4.78, 5) is 30.1. The van der Waals surface area contributed by atoms with Crippen LogP contribution in [0.25, 0.3) is 0 Å². The summed E-state index contributed by atoms with van der Waals surface area (Å²) in [5, 5.41) is 30.1. The predicted octanol–water partition coefficient (Wildman–Crippen LogP) is 5.20. The Morgan fingerprint density at radius 3 is 0.730 bits per heavy atom. The van der Waals surface area contributed by atoms with Crippen molar-refractivity contribution in [2.24, 2.45) is 16.2 Å². The maximum absolute atomic E-state index is 10.0. The second kappa shape index (κ2) is 24.8. The first-order chi connectivity index (χ1) is 16.2. The van der Waals surface area contributed by atoms with Crippen molar-refractivity contribution in [1.82, 2.24) is 0 Å². The van der Waals surface area contributed by atoms with E-state index in [0.717, 1.165) is 57.8 Å². The van der Waals surface area contributed by atoms with Gasteiger partial charge in [-0.15, -0.1) is 0 Å². The molecule has 0 N–H and O–H groups in total. The number of carboxylic acids is 3. The molecule has 0 rings (SSSR count). The van der Waals surface area contributed by atoms with Crippen molar-refractivity contribution in [1.29, 1.82) is 0 Å². The molecule has 0 unspecified atom stereocenters. The summed E-state index contributed by atoms with van der Waals surface area (Å²) < 4.78 is 0. The number of hydrogen-bond donors (Lipinski definition) is 0. The van der Waals surface area contributed by atoms with Crippen molar-refractivity contribution in [3.8, 4) is 0 Å². The Kier molecular flexibility index (Phi) is 29.3. The molecule has 0 aliphatic heterocycles. The Hall–Kier alpha value is -0.252. The molecule has 219 valence electrons. The maximum Gasteiger partial charge on any atom is 3.00 e. The normalized spacial score (nSPS) is 11.3. The van der Waals surface area contributed by atoms with Gasteiger partial charge in [0.05, 0.1) is 0 Å². The molecular weight excluding hydrogens is 607 g/mol. The molecule has 37 heavy (non-hydrogen) atoms. The average Bonchev–Trinajstić information content (AvgIpc) is 2.65. The SMILES string of the molecule is CC(C)(C)CCCCCC(=O)[O-].CC(C)(C)CCCCCC(=O)[O-].CC(C)(C)CCCCCC(=O)[O-].[Sm+3]. The van der Waals surface area contributed by atoms with Crippen molar-refractivity contribution < 1.29 is 70.1 Å². The Balaban J connectivity index is -0.000000218. The van der Waals surface area contributed by atoms with Gasteiger partial charge in [-0.2, -0.15) is 0 Å². The number of carboxylic acid groups (broad SMARTS) is 3. The molecule has 0 aromatic rings. The number of rotatable bonds is 15. The molecular formula is C30H57O6Sm. The van der Waals surface area contributed by atoms with Gasteiger partial charge in [0.2, 0.25) is 0 Å². The smallest absolute Gasteiger partial charge is 0.550 e. The Morgan fingerprint density at radius 2 is 0.595 bits per heavy atom. The van der Waals surface area contributed by atoms with Crippen LogP contribution in [0, 0.1) is 56.6 Å². The Labute approximate surface area is 261 Å². The van der Waals surface area contributed by atoms with E-state index in [2.05, 4.69) is 62.3 Å². The summed E-state index contributed by atoms with van der Waals surface area (Å²) in [7, 11) is 0. The van der Waals surface area contributed by atoms with E-state index in [9.17, 15) is 29.7 Å². The van der Waals surface area contributed by atoms with Gasteiger partial charge >= 0.3 is 40.4 Å². The summed E-state index contributed by atoms with van der Waals surface area (Å²) in [6.45, 7) is 19.8. The van der Waals surface area contributed by atoms with Gasteiger partial charge in [-0.3, -0.25) is 0 Å². The van der Waals surface area contributed by atoms with E-state index in [1.807, 2.05) is 0 Å². The first-order valence-corrected chi connectivity index (χ1v) is 13.8. The number of carbonyl (C=O) groups excluding carboxylic acids is 3. The maximum atomic E-state index is 10.0. The largest absolute Gasteiger partial charge is 3.00 e. The third-order valence-electron chi connectivity index (χ3n) is 5.42. The van der Waals surface area contributed by atoms with Crippen molar-refractivity contribution >= 4 is 17.9 Å². The Bertz CT molecular complexity index is 487. The quantitative estimate of drug-likeness (QED) is 0.222. The number of carbonyl (C=O) groups is 3. The molecule has 0 aromatic carbocycles. The molecule has 7 heteroatoms. The van der Waals surface area contributed by atoms with Crippen LogP contribution in [0.2, 0.25) is 0 Å². The van der Waals surface area contributed by atoms with Gasteiger partial charge in [-0.1, -0.05) is 101 Å². The summed E-state index contributed by atoms with van der Waals surface area (Å²) in [6.07, 6.45) is 12.8. The molecule has 0 heterocycles. The topological polar surface area (TPSA) is 120 Å². The van der Waals surface area contributed by atoms with E-state index in [0.29, 0.717) is 16.2 Å². The second-order valence-corrected chi connectivity index (χ2v) is 13.5. The van der Waals surface area contributed by atoms with Crippen LogP contribution in [0.3, 0.4) is 0 Å². The van der Waals surface area contributed by atoms with Crippen LogP contribution in [0.4, 0.5) is 0 Å². The minimum absolute atomic E-state index is 0. The van der Waals surface area contributed by atoms with Crippen LogP contribution in [0.5, 0.6) is 0 Å². The van der Waals surface area contributed by atoms with Gasteiger partial charge in [-0.25, -0.2) is 0 Å². The van der Waals surface area contributed by atoms with E-state index in [1.54, 1.807) is 0 Å². The molecule has 0 aliphatic carbocycles. The van der Waals surface area contributed by atoms with E-state index in [-0.39, 0.29) is 59.7 Å². The molecule has 0 amide bonds. The van der Waals surface area contributed by atoms with Crippen molar-refractivity contribution in [2.45, 2.75) is 159 Å². The van der Waals surface area contributed by atoms with Crippen LogP contribution >= 0.6 is 0 Å². The predicted molar refractivity (Wildman–Crippen MR) is 143 cm³/mol. The molecule has 0 atom stereocenters. The van der Waals surface area contributed by atoms with Gasteiger partial charge in [0, 0.05) is 17.9 Å². The fraction of sp³-hybridized carbons (Fsp3) is 0.900. The van der Waals surface area contributed by atoms with E-state index < -0.39 is 17.9 Å². The first kappa shape index (κ1) is 43.8. The molecule has 0 spiro atoms. The first-order valence-electron chi connectivity index (χ1n) is 13.8. The molecule has 0 fully saturated rings. The van der Waals surface area contributed by atoms with Gasteiger partial charge in [0.25, 0.3) is 0 Å². The number of aliphatic carboxylic acids is 3. The molecule has 0 saturated heterocycles. The molecule has 1 radical (unpaired) electrons. The minimum atomic E-state index is -0.925. The van der Waals surface area contributed by atoms with E-state index in [1.165, 1.54) is 19.3 Å². The van der Waals surface area contributed by atoms with Gasteiger partial charge in [0.15, 0.2) is 0 Å². The van der Waals surface area contributed by atoms with Crippen LogP contribution in [-0.4, -0.2) is 17.9 Å². The minimum Gasteiger partial charge on any atom is -0.550 e. The molecule has 0 aliphatic rings. The van der Waals surface area contributed by atoms with Crippen molar-refractivity contribution in [3.63, 3.8) is 0 Å². The zero-order valence-electron chi connectivity index (χ0n) is 25.5. The fourth-order valence-electron chi connectivity index (χ4n) is 3.30. The summed E-state index contributed by atoms with van der Waals surface area (Å²) in [5.41, 5.74) is 1.13. The summed E-state index contributed by atoms with van der Waals surface area (Å²) >= 11 is 0. The van der Waals surface area contributed by atoms with E-state index in [4.69, 9.17) is 0 Å². The Morgan fingerprint density at radius 1 is 0.405 bits per heavy atom. The average molecular weight is 664 g/mol. The van der Waals surface area contributed by atoms with Crippen LogP contribution < -0.4 is 15.3 Å². The van der Waals surface area contributed by atoms with Gasteiger partial charge < -0.3 is 29.7 Å². The van der Waals surface area contributed by atoms with Gasteiger partial charge in [0.1, 0.15) is 0 Å². The van der Waals surface area contributed by atoms with Crippen LogP contribution in [-0.2, 0) is 14.4 Å². The van der Waals surface area contributed by atoms with Crippen LogP contribution in [0.1, 0.15) is 159 Å². The van der Waals surface area contributed by atoms with Crippen LogP contribution in [0.15, 0.2) is 0 Å². The molecule has 6 nitrogen and oxygen atoms in total. The monoisotopic (exact) mass is 665 g/mol. The standard InChI is InChI=1S/3C10H20O2.Sm/c3*1-10(2,3)8-6-4-5-7-9(11)12;/h3*4-8H2,1-3H3,(H,11,12);/q;;;+3/p-3. The van der Waals surface area contributed by atoms with E-state index >= 15 is 0 Å².